The molecule has 25 heavy (non-hydrogen) atoms. The van der Waals surface area contributed by atoms with Crippen molar-refractivity contribution in [2.75, 3.05) is 18.6 Å². The van der Waals surface area contributed by atoms with Gasteiger partial charge in [-0.1, -0.05) is 6.92 Å². The Hall–Kier alpha value is -2.41. The van der Waals surface area contributed by atoms with Crippen LogP contribution in [-0.4, -0.2) is 33.2 Å². The van der Waals surface area contributed by atoms with Gasteiger partial charge >= 0.3 is 0 Å². The molecule has 3 aromatic heterocycles. The highest BCUT2D eigenvalue weighted by atomic mass is 16.5. The van der Waals surface area contributed by atoms with E-state index in [2.05, 4.69) is 33.0 Å². The molecule has 0 radical (unpaired) electrons. The van der Waals surface area contributed by atoms with Crippen molar-refractivity contribution >= 4 is 11.6 Å². The van der Waals surface area contributed by atoms with Crippen molar-refractivity contribution < 1.29 is 9.15 Å². The zero-order chi connectivity index (χ0) is 17.4. The van der Waals surface area contributed by atoms with E-state index in [1.54, 1.807) is 18.0 Å². The molecule has 132 valence electrons. The van der Waals surface area contributed by atoms with Gasteiger partial charge in [-0.2, -0.15) is 14.6 Å². The second-order valence-electron chi connectivity index (χ2n) is 6.80. The van der Waals surface area contributed by atoms with Crippen molar-refractivity contribution in [3.05, 3.63) is 41.7 Å². The number of piperidine rings is 1. The fraction of sp³-hybridized carbons (Fsp3) is 0.500. The summed E-state index contributed by atoms with van der Waals surface area (Å²) in [6.07, 6.45) is 3.72. The Bertz CT molecular complexity index is 871. The molecule has 1 aliphatic heterocycles. The predicted octanol–water partition coefficient (Wildman–Crippen LogP) is 3.15. The first-order valence-electron chi connectivity index (χ1n) is 8.67. The number of aryl methyl sites for hydroxylation is 1. The molecule has 4 rings (SSSR count). The Labute approximate surface area is 146 Å². The number of rotatable bonds is 4. The number of hydrogen-bond acceptors (Lipinski definition) is 6. The molecule has 0 amide bonds. The highest BCUT2D eigenvalue weighted by Gasteiger charge is 2.32. The van der Waals surface area contributed by atoms with E-state index in [9.17, 15) is 0 Å². The summed E-state index contributed by atoms with van der Waals surface area (Å²) in [4.78, 5) is 11.1. The van der Waals surface area contributed by atoms with Gasteiger partial charge in [0.2, 0.25) is 0 Å². The van der Waals surface area contributed by atoms with Gasteiger partial charge in [0.25, 0.3) is 5.78 Å². The maximum Gasteiger partial charge on any atom is 0.254 e. The second-order valence-corrected chi connectivity index (χ2v) is 6.80. The molecule has 0 bridgehead atoms. The molecule has 2 atom stereocenters. The van der Waals surface area contributed by atoms with Crippen LogP contribution in [0.1, 0.15) is 43.0 Å². The van der Waals surface area contributed by atoms with Gasteiger partial charge in [0.15, 0.2) is 0 Å². The second kappa shape index (κ2) is 6.48. The lowest BCUT2D eigenvalue weighted by molar-refractivity contribution is 0.181. The Balaban J connectivity index is 1.80. The van der Waals surface area contributed by atoms with Crippen LogP contribution in [0.4, 0.5) is 5.82 Å². The Morgan fingerprint density at radius 1 is 1.36 bits per heavy atom. The predicted molar refractivity (Wildman–Crippen MR) is 93.4 cm³/mol. The molecule has 1 saturated heterocycles. The van der Waals surface area contributed by atoms with Gasteiger partial charge in [-0.3, -0.25) is 0 Å². The van der Waals surface area contributed by atoms with E-state index in [1.165, 1.54) is 0 Å². The molecule has 7 nitrogen and oxygen atoms in total. The van der Waals surface area contributed by atoms with Gasteiger partial charge in [0.05, 0.1) is 18.3 Å². The van der Waals surface area contributed by atoms with E-state index >= 15 is 0 Å². The number of methoxy groups -OCH3 is 1. The van der Waals surface area contributed by atoms with Crippen molar-refractivity contribution in [1.29, 1.82) is 0 Å². The van der Waals surface area contributed by atoms with Crippen molar-refractivity contribution in [1.82, 2.24) is 19.6 Å². The van der Waals surface area contributed by atoms with Gasteiger partial charge < -0.3 is 14.1 Å². The quantitative estimate of drug-likeness (QED) is 0.726. The maximum absolute atomic E-state index is 5.97. The topological polar surface area (TPSA) is 68.7 Å². The number of hydrogen-bond donors (Lipinski definition) is 0. The van der Waals surface area contributed by atoms with Crippen LogP contribution in [-0.2, 0) is 11.3 Å². The standard InChI is InChI=1S/C18H23N5O2/c1-12-6-7-22(15(8-12)16-5-4-13(2)25-16)17-9-14(10-24-3)21-18-19-11-20-23(17)18/h4-5,9,11-12,15H,6-8,10H2,1-3H3. The van der Waals surface area contributed by atoms with Crippen molar-refractivity contribution in [3.63, 3.8) is 0 Å². The Morgan fingerprint density at radius 2 is 2.24 bits per heavy atom. The highest BCUT2D eigenvalue weighted by Crippen LogP contribution is 2.38. The third kappa shape index (κ3) is 3.00. The van der Waals surface area contributed by atoms with Crippen LogP contribution in [0.25, 0.3) is 5.78 Å². The van der Waals surface area contributed by atoms with E-state index < -0.39 is 0 Å². The summed E-state index contributed by atoms with van der Waals surface area (Å²) in [5.41, 5.74) is 0.853. The number of anilines is 1. The average Bonchev–Trinajstić information content (AvgIpc) is 3.23. The summed E-state index contributed by atoms with van der Waals surface area (Å²) in [5, 5.41) is 4.38. The SMILES string of the molecule is COCc1cc(N2CCC(C)CC2c2ccc(C)o2)n2ncnc2n1. The van der Waals surface area contributed by atoms with E-state index in [-0.39, 0.29) is 6.04 Å². The van der Waals surface area contributed by atoms with Gasteiger partial charge in [-0.15, -0.1) is 0 Å². The number of fused-ring (bicyclic) bond motifs is 1. The molecule has 4 heterocycles. The molecule has 0 saturated carbocycles. The first kappa shape index (κ1) is 16.1. The molecular formula is C18H23N5O2. The van der Waals surface area contributed by atoms with E-state index in [0.29, 0.717) is 18.3 Å². The molecule has 7 heteroatoms. The van der Waals surface area contributed by atoms with E-state index in [0.717, 1.165) is 42.4 Å². The van der Waals surface area contributed by atoms with Crippen LogP contribution >= 0.6 is 0 Å². The van der Waals surface area contributed by atoms with E-state index in [4.69, 9.17) is 9.15 Å². The number of ether oxygens (including phenoxy) is 1. The number of nitrogens with zero attached hydrogens (tertiary/aromatic N) is 5. The monoisotopic (exact) mass is 341 g/mol. The summed E-state index contributed by atoms with van der Waals surface area (Å²) < 4.78 is 13.0. The van der Waals surface area contributed by atoms with Gasteiger partial charge in [0.1, 0.15) is 23.7 Å². The zero-order valence-corrected chi connectivity index (χ0v) is 14.8. The van der Waals surface area contributed by atoms with Crippen LogP contribution in [0, 0.1) is 12.8 Å². The highest BCUT2D eigenvalue weighted by molar-refractivity contribution is 5.49. The maximum atomic E-state index is 5.97. The molecular weight excluding hydrogens is 318 g/mol. The lowest BCUT2D eigenvalue weighted by Crippen LogP contribution is -2.37. The Kier molecular flexibility index (Phi) is 4.17. The summed E-state index contributed by atoms with van der Waals surface area (Å²) in [6, 6.07) is 6.34. The van der Waals surface area contributed by atoms with Crippen LogP contribution in [0.2, 0.25) is 0 Å². The molecule has 1 fully saturated rings. The van der Waals surface area contributed by atoms with Crippen LogP contribution in [0.15, 0.2) is 28.9 Å². The molecule has 1 aliphatic rings. The summed E-state index contributed by atoms with van der Waals surface area (Å²) in [7, 11) is 1.67. The zero-order valence-electron chi connectivity index (χ0n) is 14.8. The lowest BCUT2D eigenvalue weighted by Gasteiger charge is -2.38. The molecule has 0 spiro atoms. The number of aromatic nitrogens is 4. The smallest absolute Gasteiger partial charge is 0.254 e. The fourth-order valence-electron chi connectivity index (χ4n) is 3.59. The Morgan fingerprint density at radius 3 is 3.00 bits per heavy atom. The lowest BCUT2D eigenvalue weighted by atomic mass is 9.91. The van der Waals surface area contributed by atoms with Crippen molar-refractivity contribution in [3.8, 4) is 0 Å². The minimum absolute atomic E-state index is 0.183. The largest absolute Gasteiger partial charge is 0.464 e. The third-order valence-corrected chi connectivity index (χ3v) is 4.83. The first-order chi connectivity index (χ1) is 12.2. The van der Waals surface area contributed by atoms with Gasteiger partial charge in [0, 0.05) is 19.7 Å². The third-order valence-electron chi connectivity index (χ3n) is 4.83. The van der Waals surface area contributed by atoms with Gasteiger partial charge in [-0.25, -0.2) is 4.98 Å². The first-order valence-corrected chi connectivity index (χ1v) is 8.67. The number of furan rings is 1. The van der Waals surface area contributed by atoms with Crippen LogP contribution in [0.3, 0.4) is 0 Å². The molecule has 0 aliphatic carbocycles. The summed E-state index contributed by atoms with van der Waals surface area (Å²) in [6.45, 7) is 5.68. The summed E-state index contributed by atoms with van der Waals surface area (Å²) in [5.74, 6) is 4.17. The average molecular weight is 341 g/mol. The molecule has 2 unspecified atom stereocenters. The van der Waals surface area contributed by atoms with Crippen molar-refractivity contribution in [2.24, 2.45) is 5.92 Å². The van der Waals surface area contributed by atoms with Gasteiger partial charge in [-0.05, 0) is 37.8 Å². The van der Waals surface area contributed by atoms with Crippen LogP contribution < -0.4 is 4.90 Å². The minimum Gasteiger partial charge on any atom is -0.464 e. The fourth-order valence-corrected chi connectivity index (χ4v) is 3.59. The minimum atomic E-state index is 0.183. The van der Waals surface area contributed by atoms with Crippen LogP contribution in [0.5, 0.6) is 0 Å². The summed E-state index contributed by atoms with van der Waals surface area (Å²) >= 11 is 0. The normalized spacial score (nSPS) is 21.2. The van der Waals surface area contributed by atoms with E-state index in [1.807, 2.05) is 19.1 Å². The molecule has 0 N–H and O–H groups in total. The molecule has 3 aromatic rings. The van der Waals surface area contributed by atoms with Crippen molar-refractivity contribution in [2.45, 2.75) is 39.3 Å². The molecule has 0 aromatic carbocycles.